The summed E-state index contributed by atoms with van der Waals surface area (Å²) < 4.78 is 24.3. The van der Waals surface area contributed by atoms with Crippen molar-refractivity contribution in [2.75, 3.05) is 7.11 Å². The Labute approximate surface area is 246 Å². The van der Waals surface area contributed by atoms with Crippen LogP contribution < -0.4 is 14.2 Å². The molecule has 4 atom stereocenters. The van der Waals surface area contributed by atoms with Crippen molar-refractivity contribution in [3.05, 3.63) is 45.0 Å². The lowest BCUT2D eigenvalue weighted by Gasteiger charge is -2.32. The number of methoxy groups -OCH3 is 1. The van der Waals surface area contributed by atoms with E-state index in [1.165, 1.54) is 13.5 Å². The molecule has 2 bridgehead atoms. The number of aliphatic hydroxyl groups excluding tert-OH is 1. The molecular weight excluding hydrogens is 544 g/mol. The maximum atomic E-state index is 13.9. The monoisotopic (exact) mass is 582 g/mol. The summed E-state index contributed by atoms with van der Waals surface area (Å²) in [4.78, 5) is 27.3. The third-order valence-corrected chi connectivity index (χ3v) is 10.2. The van der Waals surface area contributed by atoms with E-state index in [1.54, 1.807) is 12.1 Å². The SMILES string of the molecule is COc1c([C@@H](O)CC(C)C)ccc2c1C(=O)OCc1c(Cl)c(C)c(C3CC3)c(OC(=O)[C@@]3(C)C[C@H]4CC[C@@H]3C4)c1O2. The first-order chi connectivity index (χ1) is 19.5. The fourth-order valence-corrected chi connectivity index (χ4v) is 7.62. The van der Waals surface area contributed by atoms with Gasteiger partial charge in [0.2, 0.25) is 0 Å². The average Bonchev–Trinajstić information content (AvgIpc) is 3.56. The minimum Gasteiger partial charge on any atom is -0.495 e. The molecule has 2 aromatic rings. The summed E-state index contributed by atoms with van der Waals surface area (Å²) in [6, 6.07) is 3.35. The highest BCUT2D eigenvalue weighted by atomic mass is 35.5. The van der Waals surface area contributed by atoms with Crippen molar-refractivity contribution in [3.63, 3.8) is 0 Å². The number of benzene rings is 2. The Morgan fingerprint density at radius 1 is 1.20 bits per heavy atom. The second kappa shape index (κ2) is 10.5. The number of fused-ring (bicyclic) bond motifs is 4. The second-order valence-corrected chi connectivity index (χ2v) is 13.4. The maximum Gasteiger partial charge on any atom is 0.346 e. The number of rotatable bonds is 7. The molecule has 41 heavy (non-hydrogen) atoms. The van der Waals surface area contributed by atoms with E-state index < -0.39 is 17.5 Å². The van der Waals surface area contributed by atoms with E-state index in [2.05, 4.69) is 0 Å². The fraction of sp³-hybridized carbons (Fsp3) is 0.576. The van der Waals surface area contributed by atoms with Crippen LogP contribution in [0.5, 0.6) is 23.0 Å². The van der Waals surface area contributed by atoms with Crippen LogP contribution in [0.1, 0.15) is 110 Å². The van der Waals surface area contributed by atoms with Crippen molar-refractivity contribution in [1.29, 1.82) is 0 Å². The van der Waals surface area contributed by atoms with Gasteiger partial charge in [0.1, 0.15) is 23.7 Å². The number of cyclic esters (lactones) is 1. The smallest absolute Gasteiger partial charge is 0.346 e. The van der Waals surface area contributed by atoms with Gasteiger partial charge in [-0.15, -0.1) is 0 Å². The third-order valence-electron chi connectivity index (χ3n) is 9.70. The minimum absolute atomic E-state index is 0.0838. The first-order valence-electron chi connectivity index (χ1n) is 14.8. The number of carbonyl (C=O) groups is 2. The van der Waals surface area contributed by atoms with Gasteiger partial charge in [0, 0.05) is 11.1 Å². The molecule has 2 aromatic carbocycles. The normalized spacial score (nSPS) is 25.5. The van der Waals surface area contributed by atoms with Gasteiger partial charge in [0.15, 0.2) is 11.5 Å². The highest BCUT2D eigenvalue weighted by Gasteiger charge is 2.54. The molecule has 0 unspecified atom stereocenters. The number of esters is 2. The van der Waals surface area contributed by atoms with Crippen molar-refractivity contribution in [2.24, 2.45) is 23.2 Å². The molecule has 3 aliphatic carbocycles. The lowest BCUT2D eigenvalue weighted by Crippen LogP contribution is -2.37. The van der Waals surface area contributed by atoms with E-state index in [1.807, 2.05) is 27.7 Å². The molecule has 0 aromatic heterocycles. The Hall–Kier alpha value is -2.77. The van der Waals surface area contributed by atoms with Crippen LogP contribution in [0.25, 0.3) is 0 Å². The van der Waals surface area contributed by atoms with Gasteiger partial charge in [-0.25, -0.2) is 4.79 Å². The minimum atomic E-state index is -0.835. The molecule has 1 N–H and O–H groups in total. The van der Waals surface area contributed by atoms with Crippen LogP contribution in [0.2, 0.25) is 5.02 Å². The summed E-state index contributed by atoms with van der Waals surface area (Å²) in [5, 5.41) is 11.4. The zero-order valence-corrected chi connectivity index (χ0v) is 25.2. The predicted octanol–water partition coefficient (Wildman–Crippen LogP) is 7.81. The van der Waals surface area contributed by atoms with Crippen LogP contribution in [0.15, 0.2) is 12.1 Å². The first kappa shape index (κ1) is 28.4. The number of carbonyl (C=O) groups excluding carboxylic acids is 2. The molecule has 1 heterocycles. The van der Waals surface area contributed by atoms with E-state index in [0.29, 0.717) is 45.9 Å². The zero-order valence-electron chi connectivity index (χ0n) is 24.5. The Bertz CT molecular complexity index is 1410. The Morgan fingerprint density at radius 2 is 1.95 bits per heavy atom. The molecule has 3 fully saturated rings. The van der Waals surface area contributed by atoms with Crippen LogP contribution in [-0.4, -0.2) is 24.2 Å². The van der Waals surface area contributed by atoms with Crippen LogP contribution in [0, 0.1) is 30.1 Å². The number of hydrogen-bond acceptors (Lipinski definition) is 7. The lowest BCUT2D eigenvalue weighted by atomic mass is 9.75. The molecule has 4 aliphatic rings. The Kier molecular flexibility index (Phi) is 7.26. The van der Waals surface area contributed by atoms with Crippen molar-refractivity contribution in [2.45, 2.75) is 91.3 Å². The molecule has 1 aliphatic heterocycles. The number of ether oxygens (including phenoxy) is 4. The summed E-state index contributed by atoms with van der Waals surface area (Å²) in [6.07, 6.45) is 5.74. The lowest BCUT2D eigenvalue weighted by molar-refractivity contribution is -0.148. The summed E-state index contributed by atoms with van der Waals surface area (Å²) in [7, 11) is 1.45. The maximum absolute atomic E-state index is 13.9. The van der Waals surface area contributed by atoms with Gasteiger partial charge >= 0.3 is 11.9 Å². The molecular formula is C33H39ClO7. The summed E-state index contributed by atoms with van der Waals surface area (Å²) in [6.45, 7) is 7.83. The quantitative estimate of drug-likeness (QED) is 0.263. The van der Waals surface area contributed by atoms with Gasteiger partial charge < -0.3 is 24.1 Å². The molecule has 6 rings (SSSR count). The molecule has 3 saturated carbocycles. The number of aliphatic hydroxyl groups is 1. The van der Waals surface area contributed by atoms with Gasteiger partial charge in [-0.1, -0.05) is 31.9 Å². The summed E-state index contributed by atoms with van der Waals surface area (Å²) in [5.41, 5.74) is 2.20. The van der Waals surface area contributed by atoms with Crippen molar-refractivity contribution >= 4 is 23.5 Å². The summed E-state index contributed by atoms with van der Waals surface area (Å²) in [5.74, 6) is 1.54. The average molecular weight is 583 g/mol. The molecule has 0 saturated heterocycles. The highest BCUT2D eigenvalue weighted by Crippen LogP contribution is 2.59. The van der Waals surface area contributed by atoms with Gasteiger partial charge in [-0.05, 0) is 93.7 Å². The Morgan fingerprint density at radius 3 is 2.56 bits per heavy atom. The van der Waals surface area contributed by atoms with Gasteiger partial charge in [0.05, 0.1) is 29.2 Å². The van der Waals surface area contributed by atoms with Gasteiger partial charge in [-0.2, -0.15) is 0 Å². The van der Waals surface area contributed by atoms with Crippen LogP contribution in [0.3, 0.4) is 0 Å². The zero-order chi connectivity index (χ0) is 29.2. The molecule has 0 radical (unpaired) electrons. The second-order valence-electron chi connectivity index (χ2n) is 13.0. The fourth-order valence-electron chi connectivity index (χ4n) is 7.38. The highest BCUT2D eigenvalue weighted by molar-refractivity contribution is 6.32. The van der Waals surface area contributed by atoms with Crippen LogP contribution in [-0.2, 0) is 16.1 Å². The van der Waals surface area contributed by atoms with Crippen molar-refractivity contribution in [3.8, 4) is 23.0 Å². The third kappa shape index (κ3) is 4.79. The largest absolute Gasteiger partial charge is 0.495 e. The van der Waals surface area contributed by atoms with Gasteiger partial charge in [-0.3, -0.25) is 4.79 Å². The predicted molar refractivity (Wildman–Crippen MR) is 154 cm³/mol. The van der Waals surface area contributed by atoms with Crippen LogP contribution >= 0.6 is 11.6 Å². The first-order valence-corrected chi connectivity index (χ1v) is 15.2. The molecule has 8 heteroatoms. The molecule has 0 amide bonds. The van der Waals surface area contributed by atoms with E-state index in [-0.39, 0.29) is 41.5 Å². The number of halogens is 1. The topological polar surface area (TPSA) is 91.3 Å². The molecule has 220 valence electrons. The standard InChI is InChI=1S/C33H39ClO7/c1-16(2)12-23(35)21-10-11-24-26(28(21)38-5)31(36)39-15-22-27(34)17(3)25(19-7-8-19)30(29(22)40-24)41-32(37)33(4)14-18-6-9-20(33)13-18/h10-11,16,18-20,23,35H,6-9,12-15H2,1-5H3/t18-,20+,23-,33-/m0/s1. The Balaban J connectivity index is 1.47. The number of hydrogen-bond donors (Lipinski definition) is 1. The van der Waals surface area contributed by atoms with Crippen molar-refractivity contribution < 1.29 is 33.6 Å². The van der Waals surface area contributed by atoms with E-state index in [4.69, 9.17) is 30.5 Å². The van der Waals surface area contributed by atoms with E-state index in [9.17, 15) is 14.7 Å². The molecule has 0 spiro atoms. The molecule has 7 nitrogen and oxygen atoms in total. The van der Waals surface area contributed by atoms with Crippen molar-refractivity contribution in [1.82, 2.24) is 0 Å². The van der Waals surface area contributed by atoms with E-state index >= 15 is 0 Å². The van der Waals surface area contributed by atoms with E-state index in [0.717, 1.165) is 43.2 Å². The summed E-state index contributed by atoms with van der Waals surface area (Å²) >= 11 is 6.91. The van der Waals surface area contributed by atoms with Gasteiger partial charge in [0.25, 0.3) is 0 Å². The van der Waals surface area contributed by atoms with Crippen LogP contribution in [0.4, 0.5) is 0 Å².